The van der Waals surface area contributed by atoms with Gasteiger partial charge in [-0.2, -0.15) is 0 Å². The topological polar surface area (TPSA) is 101 Å². The number of rotatable bonds is 8. The molecule has 0 aliphatic carbocycles. The van der Waals surface area contributed by atoms with Crippen molar-refractivity contribution in [3.05, 3.63) is 0 Å². The van der Waals surface area contributed by atoms with Crippen LogP contribution < -0.4 is 10.6 Å². The Morgan fingerprint density at radius 2 is 1.10 bits per heavy atom. The molecule has 2 aliphatic heterocycles. The molecule has 2 N–H and O–H groups in total. The van der Waals surface area contributed by atoms with Gasteiger partial charge in [-0.1, -0.05) is 27.7 Å². The van der Waals surface area contributed by atoms with Gasteiger partial charge in [-0.25, -0.2) is 9.98 Å². The van der Waals surface area contributed by atoms with E-state index in [0.29, 0.717) is 36.8 Å². The summed E-state index contributed by atoms with van der Waals surface area (Å²) in [7, 11) is 0. The number of carbonyl (C=O) groups is 2. The highest BCUT2D eigenvalue weighted by molar-refractivity contribution is 6.07. The highest BCUT2D eigenvalue weighted by Crippen LogP contribution is 2.25. The standard InChI is InChI=1S/C23H40N4O4/c1-13(2)15-11-30-19(24-15)22(7,8)26-17(28)21(5,6)18(29)27-23(9,10)20-25-16(12-31-20)14(3)4/h13-16H,11-12H2,1-10H3,(H,26,28)(H,27,29)/t15-,16-/m1/s1. The Hall–Kier alpha value is -2.12. The summed E-state index contributed by atoms with van der Waals surface area (Å²) in [6.07, 6.45) is 0. The third-order valence-electron chi connectivity index (χ3n) is 5.94. The first-order valence-electron chi connectivity index (χ1n) is 11.2. The number of hydrogen-bond acceptors (Lipinski definition) is 6. The van der Waals surface area contributed by atoms with Crippen LogP contribution in [0.25, 0.3) is 0 Å². The molecule has 0 saturated carbocycles. The summed E-state index contributed by atoms with van der Waals surface area (Å²) < 4.78 is 11.5. The fourth-order valence-electron chi connectivity index (χ4n) is 3.24. The van der Waals surface area contributed by atoms with Crippen molar-refractivity contribution in [2.45, 2.75) is 92.4 Å². The highest BCUT2D eigenvalue weighted by atomic mass is 16.5. The van der Waals surface area contributed by atoms with Crippen molar-refractivity contribution in [2.24, 2.45) is 27.2 Å². The molecule has 2 atom stereocenters. The highest BCUT2D eigenvalue weighted by Gasteiger charge is 2.44. The summed E-state index contributed by atoms with van der Waals surface area (Å²) in [5, 5.41) is 5.88. The summed E-state index contributed by atoms with van der Waals surface area (Å²) in [6, 6.07) is 0.148. The van der Waals surface area contributed by atoms with Gasteiger partial charge in [0.05, 0.1) is 12.1 Å². The van der Waals surface area contributed by atoms with Crippen molar-refractivity contribution >= 4 is 23.6 Å². The summed E-state index contributed by atoms with van der Waals surface area (Å²) in [5.74, 6) is 0.877. The van der Waals surface area contributed by atoms with Gasteiger partial charge in [0.25, 0.3) is 0 Å². The van der Waals surface area contributed by atoms with Gasteiger partial charge < -0.3 is 20.1 Å². The van der Waals surface area contributed by atoms with Gasteiger partial charge in [-0.15, -0.1) is 0 Å². The zero-order valence-electron chi connectivity index (χ0n) is 20.8. The zero-order chi connectivity index (χ0) is 23.8. The molecule has 2 amide bonds. The Kier molecular flexibility index (Phi) is 7.13. The predicted molar refractivity (Wildman–Crippen MR) is 122 cm³/mol. The van der Waals surface area contributed by atoms with Crippen LogP contribution in [0.5, 0.6) is 0 Å². The van der Waals surface area contributed by atoms with E-state index in [1.807, 2.05) is 27.7 Å². The number of aliphatic imine (C=N–C) groups is 2. The van der Waals surface area contributed by atoms with Crippen LogP contribution in [-0.4, -0.2) is 60.0 Å². The quantitative estimate of drug-likeness (QED) is 0.571. The molecule has 0 fully saturated rings. The smallest absolute Gasteiger partial charge is 0.235 e. The van der Waals surface area contributed by atoms with Gasteiger partial charge in [0.2, 0.25) is 23.6 Å². The Labute approximate surface area is 186 Å². The summed E-state index contributed by atoms with van der Waals surface area (Å²) >= 11 is 0. The summed E-state index contributed by atoms with van der Waals surface area (Å²) in [5.41, 5.74) is -2.96. The molecule has 0 aromatic heterocycles. The molecule has 0 aromatic rings. The first-order chi connectivity index (χ1) is 14.1. The van der Waals surface area contributed by atoms with Crippen molar-refractivity contribution in [1.82, 2.24) is 10.6 Å². The normalized spacial score (nSPS) is 22.1. The second kappa shape index (κ2) is 8.79. The van der Waals surface area contributed by atoms with Crippen LogP contribution in [0.1, 0.15) is 69.2 Å². The maximum absolute atomic E-state index is 13.1. The molecule has 8 nitrogen and oxygen atoms in total. The van der Waals surface area contributed by atoms with Gasteiger partial charge in [0, 0.05) is 0 Å². The van der Waals surface area contributed by atoms with Crippen LogP contribution >= 0.6 is 0 Å². The Morgan fingerprint density at radius 1 is 0.774 bits per heavy atom. The van der Waals surface area contributed by atoms with Gasteiger partial charge in [-0.05, 0) is 53.4 Å². The van der Waals surface area contributed by atoms with E-state index in [-0.39, 0.29) is 12.1 Å². The van der Waals surface area contributed by atoms with E-state index >= 15 is 0 Å². The Bertz CT molecular complexity index is 704. The average molecular weight is 437 g/mol. The zero-order valence-corrected chi connectivity index (χ0v) is 20.8. The maximum atomic E-state index is 13.1. The fraction of sp³-hybridized carbons (Fsp3) is 0.826. The van der Waals surface area contributed by atoms with E-state index in [0.717, 1.165) is 0 Å². The van der Waals surface area contributed by atoms with Crippen molar-refractivity contribution in [3.63, 3.8) is 0 Å². The second-order valence-corrected chi connectivity index (χ2v) is 10.9. The summed E-state index contributed by atoms with van der Waals surface area (Å²) in [6.45, 7) is 19.9. The molecule has 0 unspecified atom stereocenters. The van der Waals surface area contributed by atoms with E-state index in [2.05, 4.69) is 48.3 Å². The summed E-state index contributed by atoms with van der Waals surface area (Å²) in [4.78, 5) is 35.4. The Balaban J connectivity index is 2.08. The minimum Gasteiger partial charge on any atom is -0.477 e. The molecular formula is C23H40N4O4. The largest absolute Gasteiger partial charge is 0.477 e. The van der Waals surface area contributed by atoms with Crippen LogP contribution in [0.3, 0.4) is 0 Å². The van der Waals surface area contributed by atoms with Crippen molar-refractivity contribution in [2.75, 3.05) is 13.2 Å². The van der Waals surface area contributed by atoms with Crippen molar-refractivity contribution in [3.8, 4) is 0 Å². The Morgan fingerprint density at radius 3 is 1.35 bits per heavy atom. The van der Waals surface area contributed by atoms with E-state index in [4.69, 9.17) is 9.47 Å². The van der Waals surface area contributed by atoms with Crippen LogP contribution in [0, 0.1) is 17.3 Å². The lowest BCUT2D eigenvalue weighted by Crippen LogP contribution is -2.60. The lowest BCUT2D eigenvalue weighted by atomic mass is 9.88. The molecular weight excluding hydrogens is 396 g/mol. The van der Waals surface area contributed by atoms with Crippen molar-refractivity contribution in [1.29, 1.82) is 0 Å². The maximum Gasteiger partial charge on any atom is 0.235 e. The monoisotopic (exact) mass is 436 g/mol. The first kappa shape index (κ1) is 25.1. The molecule has 0 radical (unpaired) electrons. The molecule has 8 heteroatoms. The third-order valence-corrected chi connectivity index (χ3v) is 5.94. The molecule has 0 spiro atoms. The molecule has 0 saturated heterocycles. The molecule has 0 aromatic carbocycles. The average Bonchev–Trinajstić information content (AvgIpc) is 3.31. The number of carbonyl (C=O) groups excluding carboxylic acids is 2. The van der Waals surface area contributed by atoms with Crippen LogP contribution in [0.4, 0.5) is 0 Å². The van der Waals surface area contributed by atoms with Gasteiger partial charge in [-0.3, -0.25) is 9.59 Å². The fourth-order valence-corrected chi connectivity index (χ4v) is 3.24. The molecule has 31 heavy (non-hydrogen) atoms. The molecule has 0 bridgehead atoms. The minimum absolute atomic E-state index is 0.0742. The lowest BCUT2D eigenvalue weighted by molar-refractivity contribution is -0.142. The molecule has 2 aliphatic rings. The lowest BCUT2D eigenvalue weighted by Gasteiger charge is -2.33. The number of nitrogens with zero attached hydrogens (tertiary/aromatic N) is 2. The second-order valence-electron chi connectivity index (χ2n) is 10.9. The number of nitrogens with one attached hydrogen (secondary N) is 2. The van der Waals surface area contributed by atoms with E-state index < -0.39 is 28.3 Å². The molecule has 2 rings (SSSR count). The van der Waals surface area contributed by atoms with Crippen molar-refractivity contribution < 1.29 is 19.1 Å². The molecule has 176 valence electrons. The first-order valence-corrected chi connectivity index (χ1v) is 11.2. The SMILES string of the molecule is CC(C)[C@H]1COC(C(C)(C)NC(=O)C(C)(C)C(=O)NC(C)(C)C2=N[C@@H](C(C)C)CO2)=N1. The van der Waals surface area contributed by atoms with Gasteiger partial charge in [0.1, 0.15) is 29.7 Å². The van der Waals surface area contributed by atoms with Crippen LogP contribution in [0.15, 0.2) is 9.98 Å². The minimum atomic E-state index is -1.32. The molecule has 2 heterocycles. The van der Waals surface area contributed by atoms with Crippen LogP contribution in [-0.2, 0) is 19.1 Å². The van der Waals surface area contributed by atoms with Crippen LogP contribution in [0.2, 0.25) is 0 Å². The third kappa shape index (κ3) is 5.57. The number of amides is 2. The van der Waals surface area contributed by atoms with E-state index in [1.165, 1.54) is 0 Å². The van der Waals surface area contributed by atoms with E-state index in [9.17, 15) is 9.59 Å². The number of hydrogen-bond donors (Lipinski definition) is 2. The predicted octanol–water partition coefficient (Wildman–Crippen LogP) is 2.71. The van der Waals surface area contributed by atoms with Gasteiger partial charge >= 0.3 is 0 Å². The number of ether oxygens (including phenoxy) is 2. The van der Waals surface area contributed by atoms with Gasteiger partial charge in [0.15, 0.2) is 0 Å². The van der Waals surface area contributed by atoms with E-state index in [1.54, 1.807) is 13.8 Å².